The molecule has 0 unspecified atom stereocenters. The molecule has 0 aromatic heterocycles. The minimum atomic E-state index is -3.11. The second-order valence-electron chi connectivity index (χ2n) is 18.1. The minimum absolute atomic E-state index is 0. The molecule has 6 atom stereocenters. The summed E-state index contributed by atoms with van der Waals surface area (Å²) in [7, 11) is 0. The standard InChI is InChI=1S/2C19H26BN4O8.2Na/c2*1-19(22,18(28)23-5-14(21)25)8-24-6-9(7-24)31-13-3-2-10-11-4-12(11)20(29,30)32-16(10)15(13)17(26)27;;/h2*2-3,9,11-12,29-30H,4-8,22H2,1H3,(H2,21,25)(H,23,28)(H,26,27);;/q2*-1;2*+1/t2*11-,12-,19+;;/m00../s1. The number of aromatic carboxylic acids is 2. The van der Waals surface area contributed by atoms with E-state index < -0.39 is 71.8 Å². The molecule has 66 heavy (non-hydrogen) atoms. The van der Waals surface area contributed by atoms with E-state index in [-0.39, 0.29) is 143 Å². The Kier molecular flexibility index (Phi) is 15.9. The monoisotopic (exact) mass is 944 g/mol. The number of amides is 4. The summed E-state index contributed by atoms with van der Waals surface area (Å²) in [5.41, 5.74) is 20.4. The average Bonchev–Trinajstić information content (AvgIpc) is 4.08. The molecule has 2 aromatic rings. The van der Waals surface area contributed by atoms with E-state index in [4.69, 9.17) is 41.7 Å². The molecule has 4 amide bonds. The molecule has 0 bridgehead atoms. The quantitative estimate of drug-likeness (QED) is 0.0695. The summed E-state index contributed by atoms with van der Waals surface area (Å²) in [5.74, 6) is -6.04. The number of nitrogens with two attached hydrogens (primary N) is 4. The summed E-state index contributed by atoms with van der Waals surface area (Å²) < 4.78 is 22.3. The van der Waals surface area contributed by atoms with E-state index in [9.17, 15) is 59.1 Å². The zero-order chi connectivity index (χ0) is 46.8. The van der Waals surface area contributed by atoms with E-state index in [1.54, 1.807) is 24.3 Å². The molecular weight excluding hydrogens is 892 g/mol. The van der Waals surface area contributed by atoms with Gasteiger partial charge in [-0.15, -0.1) is 0 Å². The second kappa shape index (κ2) is 19.7. The van der Waals surface area contributed by atoms with Crippen LogP contribution in [0.5, 0.6) is 23.0 Å². The Morgan fingerprint density at radius 3 is 1.30 bits per heavy atom. The first-order chi connectivity index (χ1) is 29.8. The van der Waals surface area contributed by atoms with Crippen molar-refractivity contribution in [3.05, 3.63) is 46.5 Å². The van der Waals surface area contributed by atoms with Crippen LogP contribution >= 0.6 is 0 Å². The summed E-state index contributed by atoms with van der Waals surface area (Å²) in [5, 5.41) is 64.6. The zero-order valence-corrected chi connectivity index (χ0v) is 41.0. The van der Waals surface area contributed by atoms with E-state index in [2.05, 4.69) is 10.6 Å². The number of hydrogen-bond acceptors (Lipinski definition) is 18. The van der Waals surface area contributed by atoms with E-state index >= 15 is 0 Å². The molecule has 348 valence electrons. The smallest absolute Gasteiger partial charge is 0.669 e. The van der Waals surface area contributed by atoms with Crippen molar-refractivity contribution in [2.24, 2.45) is 22.9 Å². The van der Waals surface area contributed by atoms with E-state index in [0.29, 0.717) is 50.1 Å². The van der Waals surface area contributed by atoms with Crippen LogP contribution in [0.4, 0.5) is 0 Å². The van der Waals surface area contributed by atoms with Gasteiger partial charge in [-0.3, -0.25) is 29.0 Å². The number of benzene rings is 2. The summed E-state index contributed by atoms with van der Waals surface area (Å²) >= 11 is 0. The van der Waals surface area contributed by atoms with Crippen molar-refractivity contribution in [3.63, 3.8) is 0 Å². The van der Waals surface area contributed by atoms with Gasteiger partial charge in [0.05, 0.1) is 24.6 Å². The van der Waals surface area contributed by atoms with E-state index in [1.807, 2.05) is 9.80 Å². The fourth-order valence-corrected chi connectivity index (χ4v) is 8.85. The van der Waals surface area contributed by atoms with Crippen LogP contribution in [-0.4, -0.2) is 165 Å². The Balaban J connectivity index is 0.000000240. The molecule has 6 aliphatic rings. The maximum Gasteiger partial charge on any atom is 1.00 e. The van der Waals surface area contributed by atoms with Crippen LogP contribution in [0, 0.1) is 0 Å². The molecular formula is C38H52B2N8Na2O16. The van der Waals surface area contributed by atoms with Crippen molar-refractivity contribution in [1.82, 2.24) is 20.4 Å². The van der Waals surface area contributed by atoms with Gasteiger partial charge in [0.25, 0.3) is 0 Å². The Morgan fingerprint density at radius 1 is 0.667 bits per heavy atom. The normalized spacial score (nSPS) is 24.5. The van der Waals surface area contributed by atoms with Crippen molar-refractivity contribution in [1.29, 1.82) is 0 Å². The molecule has 0 radical (unpaired) electrons. The average molecular weight is 944 g/mol. The van der Waals surface area contributed by atoms with Crippen LogP contribution in [-0.2, 0) is 19.2 Å². The van der Waals surface area contributed by atoms with Crippen molar-refractivity contribution in [2.45, 2.75) is 73.4 Å². The van der Waals surface area contributed by atoms with Gasteiger partial charge >= 0.3 is 84.6 Å². The SMILES string of the molecule is C[C@@](N)(CN1CC(Oc2ccc3c(c2C(=O)O)O[B-](O)(O)[C@H]2C[C@@H]32)C1)C(=O)NCC(N)=O.C[C@@](N)(CN1CC(Oc2ccc3c(c2C(=O)O)O[B-](O)(O)[C@H]2C[C@@H]32)C1)C(=O)NCC(N)=O.[Na+].[Na+]. The summed E-state index contributed by atoms with van der Waals surface area (Å²) in [6.07, 6.45) is 0.349. The summed E-state index contributed by atoms with van der Waals surface area (Å²) in [4.78, 5) is 73.5. The summed E-state index contributed by atoms with van der Waals surface area (Å²) in [6.45, 7) is -1.81. The molecule has 24 nitrogen and oxygen atoms in total. The van der Waals surface area contributed by atoms with Gasteiger partial charge in [-0.05, 0) is 48.9 Å². The first kappa shape index (κ1) is 53.2. The van der Waals surface area contributed by atoms with Crippen molar-refractivity contribution in [3.8, 4) is 23.0 Å². The second-order valence-corrected chi connectivity index (χ2v) is 18.1. The molecule has 0 spiro atoms. The third kappa shape index (κ3) is 11.4. The van der Waals surface area contributed by atoms with Crippen LogP contribution in [0.15, 0.2) is 24.3 Å². The molecule has 28 heteroatoms. The third-order valence-electron chi connectivity index (χ3n) is 12.3. The number of nitrogens with one attached hydrogen (secondary N) is 2. The number of hydrogen-bond donors (Lipinski definition) is 12. The Bertz CT molecular complexity index is 2130. The zero-order valence-electron chi connectivity index (χ0n) is 37.0. The number of rotatable bonds is 16. The fraction of sp³-hybridized carbons (Fsp3) is 0.526. The first-order valence-corrected chi connectivity index (χ1v) is 20.6. The molecule has 2 aliphatic carbocycles. The topological polar surface area (TPSA) is 395 Å². The van der Waals surface area contributed by atoms with Crippen LogP contribution < -0.4 is 111 Å². The number of fused-ring (bicyclic) bond motifs is 6. The molecule has 4 aliphatic heterocycles. The fourth-order valence-electron chi connectivity index (χ4n) is 8.85. The number of ether oxygens (including phenoxy) is 2. The maximum atomic E-state index is 12.1. The number of likely N-dealkylation sites (tertiary alicyclic amines) is 2. The third-order valence-corrected chi connectivity index (χ3v) is 12.3. The number of carboxylic acids is 2. The van der Waals surface area contributed by atoms with Crippen LogP contribution in [0.25, 0.3) is 0 Å². The van der Waals surface area contributed by atoms with Gasteiger partial charge < -0.3 is 82.7 Å². The van der Waals surface area contributed by atoms with Gasteiger partial charge in [-0.2, -0.15) is 0 Å². The first-order valence-electron chi connectivity index (χ1n) is 20.6. The van der Waals surface area contributed by atoms with Gasteiger partial charge in [0.1, 0.15) is 45.9 Å². The van der Waals surface area contributed by atoms with Crippen LogP contribution in [0.3, 0.4) is 0 Å². The Morgan fingerprint density at radius 2 is 1.00 bits per heavy atom. The Labute approximate surface area is 421 Å². The number of nitrogens with zero attached hydrogens (tertiary/aromatic N) is 2. The van der Waals surface area contributed by atoms with Crippen molar-refractivity contribution < 1.29 is 137 Å². The van der Waals surface area contributed by atoms with Crippen LogP contribution in [0.1, 0.15) is 70.4 Å². The molecule has 16 N–H and O–H groups in total. The predicted molar refractivity (Wildman–Crippen MR) is 222 cm³/mol. The molecule has 4 heterocycles. The van der Waals surface area contributed by atoms with Gasteiger partial charge in [0, 0.05) is 39.3 Å². The van der Waals surface area contributed by atoms with Crippen molar-refractivity contribution in [2.75, 3.05) is 52.4 Å². The molecule has 8 rings (SSSR count). The van der Waals surface area contributed by atoms with Gasteiger partial charge in [-0.1, -0.05) is 36.6 Å². The maximum absolute atomic E-state index is 12.1. The minimum Gasteiger partial charge on any atom is -0.669 e. The number of carboxylic acid groups (broad SMARTS) is 2. The van der Waals surface area contributed by atoms with Gasteiger partial charge in [0.2, 0.25) is 23.6 Å². The molecule has 4 fully saturated rings. The van der Waals surface area contributed by atoms with E-state index in [0.717, 1.165) is 0 Å². The molecule has 2 saturated heterocycles. The Hall–Kier alpha value is -3.73. The van der Waals surface area contributed by atoms with Crippen molar-refractivity contribution >= 4 is 49.1 Å². The number of primary amides is 2. The largest absolute Gasteiger partial charge is 1.00 e. The molecule has 2 saturated carbocycles. The predicted octanol–water partition coefficient (Wildman–Crippen LogP) is -10.1. The van der Waals surface area contributed by atoms with Crippen LogP contribution in [0.2, 0.25) is 11.6 Å². The number of carbonyl (C=O) groups is 6. The van der Waals surface area contributed by atoms with Gasteiger partial charge in [-0.25, -0.2) is 9.59 Å². The summed E-state index contributed by atoms with van der Waals surface area (Å²) in [6, 6.07) is 6.51. The van der Waals surface area contributed by atoms with Gasteiger partial charge in [0.15, 0.2) is 0 Å². The molecule has 2 aromatic carbocycles. The number of carbonyl (C=O) groups excluding carboxylic acids is 4. The van der Waals surface area contributed by atoms with E-state index in [1.165, 1.54) is 13.8 Å².